The minimum atomic E-state index is -0.636. The molecule has 16 heavy (non-hydrogen) atoms. The van der Waals surface area contributed by atoms with Gasteiger partial charge in [0.1, 0.15) is 5.75 Å². The molecule has 0 aliphatic carbocycles. The number of esters is 1. The Labute approximate surface area is 94.7 Å². The van der Waals surface area contributed by atoms with Crippen molar-refractivity contribution < 1.29 is 14.3 Å². The highest BCUT2D eigenvalue weighted by Gasteiger charge is 2.37. The normalized spacial score (nSPS) is 23.9. The van der Waals surface area contributed by atoms with Crippen LogP contribution in [-0.2, 0) is 15.1 Å². The van der Waals surface area contributed by atoms with E-state index in [1.807, 2.05) is 38.1 Å². The topological polar surface area (TPSA) is 35.5 Å². The molecule has 0 saturated carbocycles. The van der Waals surface area contributed by atoms with Crippen LogP contribution in [0.5, 0.6) is 5.75 Å². The smallest absolute Gasteiger partial charge is 0.332 e. The van der Waals surface area contributed by atoms with Gasteiger partial charge in [-0.2, -0.15) is 0 Å². The largest absolute Gasteiger partial charge is 0.497 e. The second-order valence-corrected chi connectivity index (χ2v) is 4.01. The average molecular weight is 218 g/mol. The monoisotopic (exact) mass is 218 g/mol. The molecule has 3 heteroatoms. The van der Waals surface area contributed by atoms with Gasteiger partial charge in [-0.05, 0) is 37.1 Å². The molecule has 0 radical (unpaired) electrons. The first kappa shape index (κ1) is 10.7. The summed E-state index contributed by atoms with van der Waals surface area (Å²) in [4.78, 5) is 11.2. The second-order valence-electron chi connectivity index (χ2n) is 4.01. The van der Waals surface area contributed by atoms with Gasteiger partial charge in [-0.1, -0.05) is 12.1 Å². The highest BCUT2D eigenvalue weighted by Crippen LogP contribution is 2.37. The van der Waals surface area contributed by atoms with Crippen molar-refractivity contribution >= 4 is 5.97 Å². The molecule has 0 N–H and O–H groups in total. The number of cyclic esters (lactones) is 1. The van der Waals surface area contributed by atoms with E-state index in [0.29, 0.717) is 0 Å². The van der Waals surface area contributed by atoms with Crippen molar-refractivity contribution in [2.75, 3.05) is 7.11 Å². The molecular formula is C13H14O3. The number of carbonyl (C=O) groups is 1. The summed E-state index contributed by atoms with van der Waals surface area (Å²) < 4.78 is 10.4. The van der Waals surface area contributed by atoms with Crippen LogP contribution in [-0.4, -0.2) is 13.1 Å². The van der Waals surface area contributed by atoms with E-state index in [1.165, 1.54) is 6.08 Å². The molecule has 1 atom stereocenters. The van der Waals surface area contributed by atoms with Crippen molar-refractivity contribution in [2.45, 2.75) is 19.4 Å². The number of hydrogen-bond acceptors (Lipinski definition) is 3. The lowest BCUT2D eigenvalue weighted by atomic mass is 9.90. The van der Waals surface area contributed by atoms with Crippen molar-refractivity contribution in [3.63, 3.8) is 0 Å². The summed E-state index contributed by atoms with van der Waals surface area (Å²) >= 11 is 0. The standard InChI is InChI=1S/C13H14O3/c1-9-8-12(14)16-13(9,2)10-4-6-11(15-3)7-5-10/h4-8H,1-3H3. The van der Waals surface area contributed by atoms with Crippen molar-refractivity contribution in [3.8, 4) is 5.75 Å². The third-order valence-corrected chi connectivity index (χ3v) is 3.03. The van der Waals surface area contributed by atoms with Gasteiger partial charge in [0.15, 0.2) is 5.60 Å². The fraction of sp³-hybridized carbons (Fsp3) is 0.308. The van der Waals surface area contributed by atoms with E-state index in [4.69, 9.17) is 9.47 Å². The molecule has 2 rings (SSSR count). The number of hydrogen-bond donors (Lipinski definition) is 0. The summed E-state index contributed by atoms with van der Waals surface area (Å²) in [6.07, 6.45) is 1.53. The van der Waals surface area contributed by atoms with E-state index >= 15 is 0 Å². The molecule has 3 nitrogen and oxygen atoms in total. The van der Waals surface area contributed by atoms with Crippen molar-refractivity contribution in [1.29, 1.82) is 0 Å². The Hall–Kier alpha value is -1.77. The first-order chi connectivity index (χ1) is 7.56. The van der Waals surface area contributed by atoms with E-state index in [1.54, 1.807) is 7.11 Å². The summed E-state index contributed by atoms with van der Waals surface area (Å²) in [5.41, 5.74) is 1.24. The van der Waals surface area contributed by atoms with E-state index in [9.17, 15) is 4.79 Å². The molecule has 1 aliphatic rings. The maximum atomic E-state index is 11.2. The van der Waals surface area contributed by atoms with Crippen LogP contribution in [0.4, 0.5) is 0 Å². The fourth-order valence-corrected chi connectivity index (χ4v) is 1.82. The number of ether oxygens (including phenoxy) is 2. The molecule has 1 aliphatic heterocycles. The first-order valence-electron chi connectivity index (χ1n) is 5.12. The van der Waals surface area contributed by atoms with E-state index < -0.39 is 5.60 Å². The molecule has 0 spiro atoms. The predicted octanol–water partition coefficient (Wildman–Crippen LogP) is 2.41. The Balaban J connectivity index is 2.37. The van der Waals surface area contributed by atoms with Gasteiger partial charge in [-0.3, -0.25) is 0 Å². The van der Waals surface area contributed by atoms with Crippen LogP contribution in [0.1, 0.15) is 19.4 Å². The Kier molecular flexibility index (Phi) is 2.46. The van der Waals surface area contributed by atoms with Gasteiger partial charge in [-0.15, -0.1) is 0 Å². The van der Waals surface area contributed by atoms with Crippen LogP contribution in [0.2, 0.25) is 0 Å². The summed E-state index contributed by atoms with van der Waals surface area (Å²) in [7, 11) is 1.62. The Morgan fingerprint density at radius 2 is 1.88 bits per heavy atom. The highest BCUT2D eigenvalue weighted by molar-refractivity contribution is 5.86. The molecule has 0 bridgehead atoms. The molecular weight excluding hydrogens is 204 g/mol. The maximum Gasteiger partial charge on any atom is 0.332 e. The summed E-state index contributed by atoms with van der Waals surface area (Å²) in [6.45, 7) is 3.79. The summed E-state index contributed by atoms with van der Waals surface area (Å²) in [5, 5.41) is 0. The first-order valence-corrected chi connectivity index (χ1v) is 5.12. The lowest BCUT2D eigenvalue weighted by molar-refractivity contribution is -0.145. The summed E-state index contributed by atoms with van der Waals surface area (Å²) in [6, 6.07) is 7.55. The number of methoxy groups -OCH3 is 1. The average Bonchev–Trinajstić information content (AvgIpc) is 2.54. The van der Waals surface area contributed by atoms with Crippen LogP contribution in [0.15, 0.2) is 35.9 Å². The summed E-state index contributed by atoms with van der Waals surface area (Å²) in [5.74, 6) is 0.508. The molecule has 1 heterocycles. The molecule has 0 aromatic heterocycles. The predicted molar refractivity (Wildman–Crippen MR) is 60.2 cm³/mol. The zero-order valence-corrected chi connectivity index (χ0v) is 9.61. The highest BCUT2D eigenvalue weighted by atomic mass is 16.6. The van der Waals surface area contributed by atoms with Crippen LogP contribution in [0.3, 0.4) is 0 Å². The van der Waals surface area contributed by atoms with Crippen LogP contribution < -0.4 is 4.74 Å². The SMILES string of the molecule is COc1ccc(C2(C)OC(=O)C=C2C)cc1. The Bertz CT molecular complexity index is 445. The van der Waals surface area contributed by atoms with Gasteiger partial charge >= 0.3 is 5.97 Å². The van der Waals surface area contributed by atoms with Crippen LogP contribution in [0.25, 0.3) is 0 Å². The number of benzene rings is 1. The quantitative estimate of drug-likeness (QED) is 0.715. The molecule has 0 fully saturated rings. The molecule has 1 aromatic rings. The zero-order chi connectivity index (χ0) is 11.8. The van der Waals surface area contributed by atoms with Crippen LogP contribution >= 0.6 is 0 Å². The maximum absolute atomic E-state index is 11.2. The lowest BCUT2D eigenvalue weighted by Crippen LogP contribution is -2.24. The second kappa shape index (κ2) is 3.67. The van der Waals surface area contributed by atoms with Crippen molar-refractivity contribution in [1.82, 2.24) is 0 Å². The van der Waals surface area contributed by atoms with E-state index in [-0.39, 0.29) is 5.97 Å². The lowest BCUT2D eigenvalue weighted by Gasteiger charge is -2.25. The van der Waals surface area contributed by atoms with Crippen molar-refractivity contribution in [2.24, 2.45) is 0 Å². The minimum Gasteiger partial charge on any atom is -0.497 e. The minimum absolute atomic E-state index is 0.282. The fourth-order valence-electron chi connectivity index (χ4n) is 1.82. The van der Waals surface area contributed by atoms with Crippen molar-refractivity contribution in [3.05, 3.63) is 41.5 Å². The zero-order valence-electron chi connectivity index (χ0n) is 9.61. The number of rotatable bonds is 2. The number of carbonyl (C=O) groups excluding carboxylic acids is 1. The molecule has 1 aromatic carbocycles. The van der Waals surface area contributed by atoms with Gasteiger partial charge < -0.3 is 9.47 Å². The van der Waals surface area contributed by atoms with Gasteiger partial charge in [0, 0.05) is 6.08 Å². The van der Waals surface area contributed by atoms with E-state index in [0.717, 1.165) is 16.9 Å². The van der Waals surface area contributed by atoms with E-state index in [2.05, 4.69) is 0 Å². The van der Waals surface area contributed by atoms with Gasteiger partial charge in [0.2, 0.25) is 0 Å². The third kappa shape index (κ3) is 1.58. The molecule has 0 amide bonds. The molecule has 84 valence electrons. The van der Waals surface area contributed by atoms with Gasteiger partial charge in [0.05, 0.1) is 7.11 Å². The Morgan fingerprint density at radius 3 is 2.31 bits per heavy atom. The molecule has 0 saturated heterocycles. The van der Waals surface area contributed by atoms with Gasteiger partial charge in [0.25, 0.3) is 0 Å². The van der Waals surface area contributed by atoms with Crippen LogP contribution in [0, 0.1) is 0 Å². The third-order valence-electron chi connectivity index (χ3n) is 3.03. The van der Waals surface area contributed by atoms with Gasteiger partial charge in [-0.25, -0.2) is 4.79 Å². The molecule has 1 unspecified atom stereocenters. The Morgan fingerprint density at radius 1 is 1.25 bits per heavy atom.